The summed E-state index contributed by atoms with van der Waals surface area (Å²) >= 11 is 0. The fraction of sp³-hybridized carbons (Fsp3) is 0.812. The summed E-state index contributed by atoms with van der Waals surface area (Å²) in [5.41, 5.74) is 1.18. The van der Waals surface area contributed by atoms with Gasteiger partial charge in [-0.3, -0.25) is 4.68 Å². The second kappa shape index (κ2) is 7.09. The zero-order valence-electron chi connectivity index (χ0n) is 12.7. The smallest absolute Gasteiger partial charge is 0.0762 e. The monoisotopic (exact) mass is 263 g/mol. The summed E-state index contributed by atoms with van der Waals surface area (Å²) in [5, 5.41) is 8.28. The molecule has 2 rings (SSSR count). The van der Waals surface area contributed by atoms with Crippen LogP contribution in [0.15, 0.2) is 12.3 Å². The van der Waals surface area contributed by atoms with Crippen molar-refractivity contribution in [1.82, 2.24) is 15.1 Å². The van der Waals surface area contributed by atoms with E-state index in [0.29, 0.717) is 6.04 Å². The molecule has 0 bridgehead atoms. The van der Waals surface area contributed by atoms with Crippen LogP contribution in [0.1, 0.15) is 64.6 Å². The summed E-state index contributed by atoms with van der Waals surface area (Å²) in [6, 6.07) is 2.72. The molecule has 3 heteroatoms. The minimum absolute atomic E-state index is 0.559. The van der Waals surface area contributed by atoms with Crippen molar-refractivity contribution in [2.75, 3.05) is 6.54 Å². The van der Waals surface area contributed by atoms with Crippen molar-refractivity contribution < 1.29 is 0 Å². The maximum absolute atomic E-state index is 4.69. The Morgan fingerprint density at radius 2 is 2.16 bits per heavy atom. The van der Waals surface area contributed by atoms with E-state index in [1.165, 1.54) is 25.0 Å². The van der Waals surface area contributed by atoms with Gasteiger partial charge in [-0.15, -0.1) is 0 Å². The summed E-state index contributed by atoms with van der Waals surface area (Å²) in [7, 11) is 0. The predicted molar refractivity (Wildman–Crippen MR) is 80.1 cm³/mol. The standard InChI is InChI=1S/C16H29N3/c1-4-16(5-2)19-10-9-15(18-19)12-17-11-14-8-6-7-13(14)3/h9-10,13-14,16-17H,4-8,11-12H2,1-3H3. The SMILES string of the molecule is CCC(CC)n1ccc(CNCC2CCCC2C)n1. The molecule has 0 saturated heterocycles. The van der Waals surface area contributed by atoms with E-state index in [1.807, 2.05) is 0 Å². The van der Waals surface area contributed by atoms with Crippen LogP contribution in [0.3, 0.4) is 0 Å². The topological polar surface area (TPSA) is 29.9 Å². The van der Waals surface area contributed by atoms with Crippen LogP contribution in [0, 0.1) is 11.8 Å². The highest BCUT2D eigenvalue weighted by atomic mass is 15.3. The lowest BCUT2D eigenvalue weighted by atomic mass is 9.98. The third-order valence-corrected chi connectivity index (χ3v) is 4.73. The van der Waals surface area contributed by atoms with Gasteiger partial charge in [-0.1, -0.05) is 33.6 Å². The second-order valence-electron chi connectivity index (χ2n) is 6.06. The van der Waals surface area contributed by atoms with Crippen LogP contribution in [0.25, 0.3) is 0 Å². The van der Waals surface area contributed by atoms with E-state index in [-0.39, 0.29) is 0 Å². The Kier molecular flexibility index (Phi) is 5.44. The lowest BCUT2D eigenvalue weighted by molar-refractivity contribution is 0.388. The molecule has 0 radical (unpaired) electrons. The van der Waals surface area contributed by atoms with Gasteiger partial charge in [-0.25, -0.2) is 0 Å². The largest absolute Gasteiger partial charge is 0.311 e. The molecule has 1 N–H and O–H groups in total. The highest BCUT2D eigenvalue weighted by Crippen LogP contribution is 2.30. The Bertz CT molecular complexity index is 368. The fourth-order valence-corrected chi connectivity index (χ4v) is 3.25. The quantitative estimate of drug-likeness (QED) is 0.811. The molecule has 2 unspecified atom stereocenters. The number of nitrogens with zero attached hydrogens (tertiary/aromatic N) is 2. The van der Waals surface area contributed by atoms with E-state index >= 15 is 0 Å². The van der Waals surface area contributed by atoms with Gasteiger partial charge in [-0.2, -0.15) is 5.10 Å². The number of hydrogen-bond donors (Lipinski definition) is 1. The lowest BCUT2D eigenvalue weighted by Crippen LogP contribution is -2.24. The molecule has 1 aliphatic carbocycles. The van der Waals surface area contributed by atoms with Crippen molar-refractivity contribution in [3.05, 3.63) is 18.0 Å². The van der Waals surface area contributed by atoms with Gasteiger partial charge in [0.15, 0.2) is 0 Å². The van der Waals surface area contributed by atoms with Crippen LogP contribution in [0.5, 0.6) is 0 Å². The first-order valence-electron chi connectivity index (χ1n) is 7.99. The van der Waals surface area contributed by atoms with Crippen LogP contribution in [0.2, 0.25) is 0 Å². The molecule has 1 aromatic heterocycles. The Morgan fingerprint density at radius 1 is 1.37 bits per heavy atom. The first kappa shape index (κ1) is 14.6. The summed E-state index contributed by atoms with van der Waals surface area (Å²) in [5.74, 6) is 1.77. The Balaban J connectivity index is 1.77. The first-order chi connectivity index (χ1) is 9.24. The van der Waals surface area contributed by atoms with Crippen LogP contribution in [-0.2, 0) is 6.54 Å². The molecular formula is C16H29N3. The lowest BCUT2D eigenvalue weighted by Gasteiger charge is -2.15. The van der Waals surface area contributed by atoms with Gasteiger partial charge in [0.25, 0.3) is 0 Å². The number of hydrogen-bond acceptors (Lipinski definition) is 2. The van der Waals surface area contributed by atoms with Crippen molar-refractivity contribution in [3.63, 3.8) is 0 Å². The molecule has 1 aliphatic rings. The molecule has 0 amide bonds. The summed E-state index contributed by atoms with van der Waals surface area (Å²) < 4.78 is 2.13. The van der Waals surface area contributed by atoms with Crippen molar-refractivity contribution in [2.45, 2.75) is 65.5 Å². The van der Waals surface area contributed by atoms with E-state index in [2.05, 4.69) is 48.1 Å². The molecule has 0 spiro atoms. The molecule has 1 fully saturated rings. The highest BCUT2D eigenvalue weighted by Gasteiger charge is 2.22. The number of nitrogens with one attached hydrogen (secondary N) is 1. The maximum atomic E-state index is 4.69. The maximum Gasteiger partial charge on any atom is 0.0762 e. The zero-order valence-corrected chi connectivity index (χ0v) is 12.7. The fourth-order valence-electron chi connectivity index (χ4n) is 3.25. The molecule has 19 heavy (non-hydrogen) atoms. The summed E-state index contributed by atoms with van der Waals surface area (Å²) in [6.45, 7) is 8.92. The third kappa shape index (κ3) is 3.82. The van der Waals surface area contributed by atoms with Crippen LogP contribution in [0.4, 0.5) is 0 Å². The minimum atomic E-state index is 0.559. The van der Waals surface area contributed by atoms with Crippen molar-refractivity contribution >= 4 is 0 Å². The average Bonchev–Trinajstić information content (AvgIpc) is 3.02. The van der Waals surface area contributed by atoms with Crippen LogP contribution < -0.4 is 5.32 Å². The van der Waals surface area contributed by atoms with Crippen molar-refractivity contribution in [1.29, 1.82) is 0 Å². The molecule has 3 nitrogen and oxygen atoms in total. The van der Waals surface area contributed by atoms with E-state index in [4.69, 9.17) is 0 Å². The highest BCUT2D eigenvalue weighted by molar-refractivity contribution is 4.99. The van der Waals surface area contributed by atoms with Gasteiger partial charge in [0.1, 0.15) is 0 Å². The average molecular weight is 263 g/mol. The van der Waals surface area contributed by atoms with Gasteiger partial charge < -0.3 is 5.32 Å². The normalized spacial score (nSPS) is 23.4. The Morgan fingerprint density at radius 3 is 2.79 bits per heavy atom. The predicted octanol–water partition coefficient (Wildman–Crippen LogP) is 3.77. The Labute approximate surface area is 117 Å². The van der Waals surface area contributed by atoms with Gasteiger partial charge in [0.2, 0.25) is 0 Å². The van der Waals surface area contributed by atoms with Gasteiger partial charge in [-0.05, 0) is 43.7 Å². The Hall–Kier alpha value is -0.830. The van der Waals surface area contributed by atoms with Crippen LogP contribution in [-0.4, -0.2) is 16.3 Å². The first-order valence-corrected chi connectivity index (χ1v) is 7.99. The molecule has 0 aromatic carbocycles. The summed E-state index contributed by atoms with van der Waals surface area (Å²) in [6.07, 6.45) is 8.67. The van der Waals surface area contributed by atoms with E-state index in [1.54, 1.807) is 0 Å². The minimum Gasteiger partial charge on any atom is -0.311 e. The van der Waals surface area contributed by atoms with Crippen LogP contribution >= 0.6 is 0 Å². The van der Waals surface area contributed by atoms with Crippen molar-refractivity contribution in [2.24, 2.45) is 11.8 Å². The number of rotatable bonds is 7. The summed E-state index contributed by atoms with van der Waals surface area (Å²) in [4.78, 5) is 0. The third-order valence-electron chi connectivity index (χ3n) is 4.73. The second-order valence-corrected chi connectivity index (χ2v) is 6.06. The molecular weight excluding hydrogens is 234 g/mol. The molecule has 2 atom stereocenters. The van der Waals surface area contributed by atoms with Gasteiger partial charge in [0, 0.05) is 12.7 Å². The van der Waals surface area contributed by atoms with E-state index < -0.39 is 0 Å². The molecule has 1 saturated carbocycles. The molecule has 0 aliphatic heterocycles. The zero-order chi connectivity index (χ0) is 13.7. The molecule has 1 aromatic rings. The van der Waals surface area contributed by atoms with Crippen molar-refractivity contribution in [3.8, 4) is 0 Å². The van der Waals surface area contributed by atoms with Gasteiger partial charge >= 0.3 is 0 Å². The molecule has 1 heterocycles. The van der Waals surface area contributed by atoms with E-state index in [9.17, 15) is 0 Å². The van der Waals surface area contributed by atoms with Gasteiger partial charge in [0.05, 0.1) is 11.7 Å². The number of aromatic nitrogens is 2. The van der Waals surface area contributed by atoms with E-state index in [0.717, 1.165) is 37.8 Å². The molecule has 108 valence electrons.